The van der Waals surface area contributed by atoms with Gasteiger partial charge in [-0.15, -0.1) is 0 Å². The maximum absolute atomic E-state index is 9.84. The molecule has 3 atom stereocenters. The Morgan fingerprint density at radius 3 is 2.71 bits per heavy atom. The minimum Gasteiger partial charge on any atom is -0.389 e. The van der Waals surface area contributed by atoms with Gasteiger partial charge in [-0.25, -0.2) is 0 Å². The minimum absolute atomic E-state index is 0.0277. The van der Waals surface area contributed by atoms with Gasteiger partial charge in [-0.05, 0) is 13.3 Å². The van der Waals surface area contributed by atoms with Crippen LogP contribution in [0, 0.1) is 0 Å². The Labute approximate surface area is 104 Å². The molecule has 1 aliphatic heterocycles. The molecule has 0 bridgehead atoms. The zero-order valence-corrected chi connectivity index (χ0v) is 11.1. The van der Waals surface area contributed by atoms with Gasteiger partial charge in [0.1, 0.15) is 0 Å². The average molecular weight is 247 g/mol. The van der Waals surface area contributed by atoms with E-state index in [0.29, 0.717) is 25.9 Å². The Balaban J connectivity index is 2.10. The molecule has 1 saturated heterocycles. The normalized spacial score (nSPS) is 25.1. The highest BCUT2D eigenvalue weighted by Crippen LogP contribution is 2.12. The molecule has 5 heteroatoms. The van der Waals surface area contributed by atoms with Gasteiger partial charge in [0.2, 0.25) is 0 Å². The summed E-state index contributed by atoms with van der Waals surface area (Å²) in [6.45, 7) is 5.40. The highest BCUT2D eigenvalue weighted by molar-refractivity contribution is 4.77. The molecule has 0 aromatic rings. The fraction of sp³-hybridized carbons (Fsp3) is 1.00. The summed E-state index contributed by atoms with van der Waals surface area (Å²) in [5, 5.41) is 9.84. The maximum Gasteiger partial charge on any atom is 0.0900 e. The zero-order chi connectivity index (χ0) is 12.7. The number of aliphatic hydroxyl groups is 1. The van der Waals surface area contributed by atoms with Crippen molar-refractivity contribution in [1.29, 1.82) is 0 Å². The van der Waals surface area contributed by atoms with Gasteiger partial charge in [0.15, 0.2) is 0 Å². The molecule has 102 valence electrons. The van der Waals surface area contributed by atoms with Crippen LogP contribution in [0.1, 0.15) is 13.3 Å². The van der Waals surface area contributed by atoms with Crippen molar-refractivity contribution in [2.75, 3.05) is 47.1 Å². The molecule has 1 N–H and O–H groups in total. The first-order valence-corrected chi connectivity index (χ1v) is 6.19. The largest absolute Gasteiger partial charge is 0.389 e. The third-order valence-corrected chi connectivity index (χ3v) is 3.01. The second-order valence-electron chi connectivity index (χ2n) is 4.66. The van der Waals surface area contributed by atoms with Crippen molar-refractivity contribution in [1.82, 2.24) is 4.90 Å². The van der Waals surface area contributed by atoms with Crippen molar-refractivity contribution < 1.29 is 19.3 Å². The molecule has 3 unspecified atom stereocenters. The van der Waals surface area contributed by atoms with Gasteiger partial charge in [0.05, 0.1) is 31.5 Å². The molecule has 17 heavy (non-hydrogen) atoms. The van der Waals surface area contributed by atoms with Crippen LogP contribution in [-0.2, 0) is 14.2 Å². The van der Waals surface area contributed by atoms with Gasteiger partial charge < -0.3 is 19.3 Å². The van der Waals surface area contributed by atoms with E-state index in [4.69, 9.17) is 14.2 Å². The predicted molar refractivity (Wildman–Crippen MR) is 65.2 cm³/mol. The molecule has 5 nitrogen and oxygen atoms in total. The molecule has 0 amide bonds. The summed E-state index contributed by atoms with van der Waals surface area (Å²) in [6.07, 6.45) is 0.949. The summed E-state index contributed by atoms with van der Waals surface area (Å²) in [6, 6.07) is 0. The molecule has 0 aromatic carbocycles. The Hall–Kier alpha value is -0.200. The van der Waals surface area contributed by atoms with E-state index in [0.717, 1.165) is 19.5 Å². The van der Waals surface area contributed by atoms with Crippen LogP contribution in [0.3, 0.4) is 0 Å². The van der Waals surface area contributed by atoms with Crippen LogP contribution in [0.2, 0.25) is 0 Å². The molecule has 1 rings (SSSR count). The zero-order valence-electron chi connectivity index (χ0n) is 11.1. The van der Waals surface area contributed by atoms with Crippen LogP contribution in [0.4, 0.5) is 0 Å². The van der Waals surface area contributed by atoms with Crippen molar-refractivity contribution in [3.63, 3.8) is 0 Å². The SMILES string of the molecule is COCC(C)OCC(O)CN1CCC(OC)C1. The third-order valence-electron chi connectivity index (χ3n) is 3.01. The lowest BCUT2D eigenvalue weighted by Gasteiger charge is -2.21. The Morgan fingerprint density at radius 2 is 2.12 bits per heavy atom. The van der Waals surface area contributed by atoms with Crippen LogP contribution in [0.25, 0.3) is 0 Å². The Bertz CT molecular complexity index is 203. The lowest BCUT2D eigenvalue weighted by Crippen LogP contribution is -2.35. The van der Waals surface area contributed by atoms with Crippen LogP contribution in [0.5, 0.6) is 0 Å². The van der Waals surface area contributed by atoms with Crippen molar-refractivity contribution in [3.05, 3.63) is 0 Å². The van der Waals surface area contributed by atoms with Gasteiger partial charge in [0, 0.05) is 33.9 Å². The van der Waals surface area contributed by atoms with Crippen LogP contribution < -0.4 is 0 Å². The standard InChI is InChI=1S/C12H25NO4/c1-10(8-15-2)17-9-11(14)6-13-5-4-12(7-13)16-3/h10-12,14H,4-9H2,1-3H3. The number of aliphatic hydroxyl groups excluding tert-OH is 1. The molecular formula is C12H25NO4. The van der Waals surface area contributed by atoms with E-state index in [1.165, 1.54) is 0 Å². The van der Waals surface area contributed by atoms with Crippen molar-refractivity contribution >= 4 is 0 Å². The fourth-order valence-corrected chi connectivity index (χ4v) is 2.06. The molecule has 1 heterocycles. The number of β-amino-alcohol motifs (C(OH)–C–C–N with tert-alkyl or cyclic N) is 1. The van der Waals surface area contributed by atoms with Crippen molar-refractivity contribution in [3.8, 4) is 0 Å². The molecule has 0 aromatic heterocycles. The smallest absolute Gasteiger partial charge is 0.0900 e. The van der Waals surface area contributed by atoms with E-state index in [1.54, 1.807) is 14.2 Å². The quantitative estimate of drug-likeness (QED) is 0.660. The van der Waals surface area contributed by atoms with Gasteiger partial charge in [-0.1, -0.05) is 0 Å². The first-order valence-electron chi connectivity index (χ1n) is 6.19. The number of ether oxygens (including phenoxy) is 3. The lowest BCUT2D eigenvalue weighted by atomic mass is 10.3. The van der Waals surface area contributed by atoms with E-state index in [9.17, 15) is 5.11 Å². The summed E-state index contributed by atoms with van der Waals surface area (Å²) >= 11 is 0. The lowest BCUT2D eigenvalue weighted by molar-refractivity contribution is -0.0390. The van der Waals surface area contributed by atoms with E-state index >= 15 is 0 Å². The number of hydrogen-bond acceptors (Lipinski definition) is 5. The minimum atomic E-state index is -0.440. The van der Waals surface area contributed by atoms with Gasteiger partial charge in [0.25, 0.3) is 0 Å². The number of nitrogens with zero attached hydrogens (tertiary/aromatic N) is 1. The highest BCUT2D eigenvalue weighted by Gasteiger charge is 2.23. The van der Waals surface area contributed by atoms with E-state index < -0.39 is 6.10 Å². The molecular weight excluding hydrogens is 222 g/mol. The van der Waals surface area contributed by atoms with E-state index in [1.807, 2.05) is 6.92 Å². The summed E-state index contributed by atoms with van der Waals surface area (Å²) in [5.41, 5.74) is 0. The van der Waals surface area contributed by atoms with Crippen molar-refractivity contribution in [2.24, 2.45) is 0 Å². The molecule has 0 aliphatic carbocycles. The van der Waals surface area contributed by atoms with Gasteiger partial charge >= 0.3 is 0 Å². The molecule has 0 saturated carbocycles. The molecule has 1 fully saturated rings. The molecule has 1 aliphatic rings. The second-order valence-corrected chi connectivity index (χ2v) is 4.66. The van der Waals surface area contributed by atoms with Gasteiger partial charge in [-0.3, -0.25) is 4.90 Å². The average Bonchev–Trinajstić information content (AvgIpc) is 2.74. The van der Waals surface area contributed by atoms with Crippen molar-refractivity contribution in [2.45, 2.75) is 31.7 Å². The van der Waals surface area contributed by atoms with Gasteiger partial charge in [-0.2, -0.15) is 0 Å². The summed E-state index contributed by atoms with van der Waals surface area (Å²) < 4.78 is 15.7. The van der Waals surface area contributed by atoms with E-state index in [2.05, 4.69) is 4.90 Å². The Kier molecular flexibility index (Phi) is 6.99. The third kappa shape index (κ3) is 5.79. The van der Waals surface area contributed by atoms with Crippen LogP contribution in [-0.4, -0.2) is 75.4 Å². The van der Waals surface area contributed by atoms with E-state index in [-0.39, 0.29) is 6.10 Å². The fourth-order valence-electron chi connectivity index (χ4n) is 2.06. The number of methoxy groups -OCH3 is 2. The second kappa shape index (κ2) is 8.00. The number of rotatable bonds is 8. The monoisotopic (exact) mass is 247 g/mol. The number of hydrogen-bond donors (Lipinski definition) is 1. The molecule has 0 radical (unpaired) electrons. The first kappa shape index (κ1) is 14.9. The topological polar surface area (TPSA) is 51.2 Å². The molecule has 0 spiro atoms. The maximum atomic E-state index is 9.84. The summed E-state index contributed by atoms with van der Waals surface area (Å²) in [5.74, 6) is 0. The first-order chi connectivity index (χ1) is 8.15. The summed E-state index contributed by atoms with van der Waals surface area (Å²) in [7, 11) is 3.38. The predicted octanol–water partition coefficient (Wildman–Crippen LogP) is 0.120. The number of likely N-dealkylation sites (tertiary alicyclic amines) is 1. The van der Waals surface area contributed by atoms with Crippen LogP contribution in [0.15, 0.2) is 0 Å². The van der Waals surface area contributed by atoms with Crippen LogP contribution >= 0.6 is 0 Å². The highest BCUT2D eigenvalue weighted by atomic mass is 16.5. The Morgan fingerprint density at radius 1 is 1.35 bits per heavy atom. The summed E-state index contributed by atoms with van der Waals surface area (Å²) in [4.78, 5) is 2.21.